The summed E-state index contributed by atoms with van der Waals surface area (Å²) in [5.74, 6) is 1.07. The third kappa shape index (κ3) is 5.75. The summed E-state index contributed by atoms with van der Waals surface area (Å²) >= 11 is 1.41. The first-order valence-corrected chi connectivity index (χ1v) is 15.4. The summed E-state index contributed by atoms with van der Waals surface area (Å²) in [7, 11) is -3.71. The van der Waals surface area contributed by atoms with E-state index >= 15 is 0 Å². The summed E-state index contributed by atoms with van der Waals surface area (Å²) in [6.45, 7) is 11.5. The molecule has 1 amide bonds. The van der Waals surface area contributed by atoms with E-state index in [-0.39, 0.29) is 29.8 Å². The molecule has 0 radical (unpaired) electrons. The fourth-order valence-corrected chi connectivity index (χ4v) is 7.48. The number of hydrogen-bond donors (Lipinski definition) is 0. The summed E-state index contributed by atoms with van der Waals surface area (Å²) < 4.78 is 45.6. The number of carbonyl (C=O) groups is 1. The lowest BCUT2D eigenvalue weighted by atomic mass is 10.2. The molecule has 12 heteroatoms. The number of hydrogen-bond acceptors (Lipinski definition) is 9. The second-order valence-electron chi connectivity index (χ2n) is 9.76. The van der Waals surface area contributed by atoms with Gasteiger partial charge < -0.3 is 19.1 Å². The molecule has 2 aliphatic rings. The number of rotatable bonds is 9. The van der Waals surface area contributed by atoms with Crippen LogP contribution in [-0.2, 0) is 14.8 Å². The van der Waals surface area contributed by atoms with Crippen LogP contribution in [-0.4, -0.2) is 86.8 Å². The fraction of sp³-hybridized carbons (Fsp3) is 0.481. The van der Waals surface area contributed by atoms with Crippen molar-refractivity contribution in [3.8, 4) is 11.5 Å². The van der Waals surface area contributed by atoms with E-state index in [0.29, 0.717) is 48.4 Å². The Morgan fingerprint density at radius 3 is 2.31 bits per heavy atom. The second-order valence-corrected chi connectivity index (χ2v) is 12.7. The third-order valence-electron chi connectivity index (χ3n) is 7.01. The van der Waals surface area contributed by atoms with Crippen LogP contribution in [0.1, 0.15) is 38.1 Å². The van der Waals surface area contributed by atoms with E-state index in [1.54, 1.807) is 17.0 Å². The van der Waals surface area contributed by atoms with E-state index < -0.39 is 10.0 Å². The largest absolute Gasteiger partial charge is 0.454 e. The minimum absolute atomic E-state index is 0.157. The molecule has 2 aromatic carbocycles. The first-order chi connectivity index (χ1) is 18.7. The molecule has 0 spiro atoms. The van der Waals surface area contributed by atoms with Gasteiger partial charge in [-0.25, -0.2) is 13.4 Å². The number of likely N-dealkylation sites (N-methyl/N-ethyl adjacent to an activating group) is 1. The molecule has 0 unspecified atom stereocenters. The summed E-state index contributed by atoms with van der Waals surface area (Å²) in [5, 5.41) is 0.568. The van der Waals surface area contributed by atoms with Gasteiger partial charge in [0.2, 0.25) is 16.8 Å². The number of sulfonamides is 1. The number of nitrogens with zero attached hydrogens (tertiary/aromatic N) is 4. The normalized spacial score (nSPS) is 19.6. The molecule has 0 saturated carbocycles. The van der Waals surface area contributed by atoms with Gasteiger partial charge in [0.1, 0.15) is 0 Å². The Morgan fingerprint density at radius 2 is 1.67 bits per heavy atom. The third-order valence-corrected chi connectivity index (χ3v) is 9.89. The maximum Gasteiger partial charge on any atom is 0.260 e. The number of ether oxygens (including phenoxy) is 3. The zero-order valence-electron chi connectivity index (χ0n) is 22.6. The van der Waals surface area contributed by atoms with Gasteiger partial charge in [0.05, 0.1) is 27.3 Å². The number of benzene rings is 2. The van der Waals surface area contributed by atoms with Crippen molar-refractivity contribution in [1.82, 2.24) is 14.2 Å². The summed E-state index contributed by atoms with van der Waals surface area (Å²) in [6, 6.07) is 9.89. The van der Waals surface area contributed by atoms with Crippen LogP contribution in [0.2, 0.25) is 0 Å². The van der Waals surface area contributed by atoms with Gasteiger partial charge in [-0.15, -0.1) is 0 Å². The van der Waals surface area contributed by atoms with Crippen LogP contribution in [0.4, 0.5) is 5.13 Å². The van der Waals surface area contributed by atoms with Crippen LogP contribution in [0, 0.1) is 0 Å². The molecular weight excluding hydrogens is 540 g/mol. The second kappa shape index (κ2) is 11.4. The molecule has 3 aromatic rings. The van der Waals surface area contributed by atoms with Crippen LogP contribution in [0.25, 0.3) is 10.2 Å². The van der Waals surface area contributed by atoms with Crippen molar-refractivity contribution < 1.29 is 27.4 Å². The van der Waals surface area contributed by atoms with Crippen molar-refractivity contribution in [2.75, 3.05) is 51.0 Å². The number of fused-ring (bicyclic) bond motifs is 2. The van der Waals surface area contributed by atoms with E-state index in [2.05, 4.69) is 18.7 Å². The molecule has 10 nitrogen and oxygen atoms in total. The van der Waals surface area contributed by atoms with Crippen LogP contribution in [0.3, 0.4) is 0 Å². The zero-order chi connectivity index (χ0) is 27.7. The summed E-state index contributed by atoms with van der Waals surface area (Å²) in [6.07, 6.45) is -0.367. The van der Waals surface area contributed by atoms with Gasteiger partial charge >= 0.3 is 0 Å². The predicted molar refractivity (Wildman–Crippen MR) is 150 cm³/mol. The molecule has 210 valence electrons. The highest BCUT2D eigenvalue weighted by molar-refractivity contribution is 7.89. The van der Waals surface area contributed by atoms with E-state index in [4.69, 9.17) is 19.2 Å². The van der Waals surface area contributed by atoms with Gasteiger partial charge in [0.25, 0.3) is 5.91 Å². The predicted octanol–water partition coefficient (Wildman–Crippen LogP) is 3.81. The monoisotopic (exact) mass is 574 g/mol. The Hall–Kier alpha value is -2.77. The number of carbonyl (C=O) groups excluding carboxylic acids is 1. The molecule has 1 fully saturated rings. The lowest BCUT2D eigenvalue weighted by Gasteiger charge is -2.34. The van der Waals surface area contributed by atoms with Crippen LogP contribution in [0.5, 0.6) is 11.5 Å². The van der Waals surface area contributed by atoms with E-state index in [1.165, 1.54) is 27.8 Å². The highest BCUT2D eigenvalue weighted by atomic mass is 32.2. The molecule has 0 aliphatic carbocycles. The Morgan fingerprint density at radius 1 is 1.03 bits per heavy atom. The van der Waals surface area contributed by atoms with Crippen molar-refractivity contribution in [3.05, 3.63) is 42.0 Å². The van der Waals surface area contributed by atoms with E-state index in [9.17, 15) is 13.2 Å². The van der Waals surface area contributed by atoms with Crippen molar-refractivity contribution in [1.29, 1.82) is 0 Å². The minimum atomic E-state index is -3.71. The molecule has 1 aromatic heterocycles. The smallest absolute Gasteiger partial charge is 0.260 e. The minimum Gasteiger partial charge on any atom is -0.454 e. The summed E-state index contributed by atoms with van der Waals surface area (Å²) in [4.78, 5) is 22.6. The van der Waals surface area contributed by atoms with Gasteiger partial charge in [-0.2, -0.15) is 4.31 Å². The van der Waals surface area contributed by atoms with Gasteiger partial charge in [-0.3, -0.25) is 9.69 Å². The van der Waals surface area contributed by atoms with E-state index in [0.717, 1.165) is 23.3 Å². The average molecular weight is 575 g/mol. The van der Waals surface area contributed by atoms with Crippen LogP contribution >= 0.6 is 11.3 Å². The van der Waals surface area contributed by atoms with Crippen molar-refractivity contribution in [2.45, 2.75) is 44.8 Å². The van der Waals surface area contributed by atoms with Gasteiger partial charge in [-0.05, 0) is 51.2 Å². The number of morpholine rings is 1. The molecular formula is C27H34N4O6S2. The Labute approximate surface area is 233 Å². The average Bonchev–Trinajstić information content (AvgIpc) is 3.55. The molecule has 0 N–H and O–H groups in total. The van der Waals surface area contributed by atoms with Crippen LogP contribution in [0.15, 0.2) is 41.3 Å². The quantitative estimate of drug-likeness (QED) is 0.380. The Balaban J connectivity index is 1.42. The van der Waals surface area contributed by atoms with Crippen molar-refractivity contribution in [3.63, 3.8) is 0 Å². The molecule has 39 heavy (non-hydrogen) atoms. The topological polar surface area (TPSA) is 102 Å². The van der Waals surface area contributed by atoms with Gasteiger partial charge in [0, 0.05) is 43.9 Å². The SMILES string of the molecule is CCN(CC)CCN(C(=O)c1ccc(S(=O)(=O)N2C[C@H](C)O[C@@H](C)C2)cc1)c1nc2cc3c(cc2s1)OCO3. The zero-order valence-corrected chi connectivity index (χ0v) is 24.3. The van der Waals surface area contributed by atoms with Gasteiger partial charge in [-0.1, -0.05) is 25.2 Å². The Kier molecular flexibility index (Phi) is 8.11. The molecule has 3 heterocycles. The molecule has 0 bridgehead atoms. The summed E-state index contributed by atoms with van der Waals surface area (Å²) in [5.41, 5.74) is 1.13. The lowest BCUT2D eigenvalue weighted by Crippen LogP contribution is -2.48. The molecule has 2 atom stereocenters. The highest BCUT2D eigenvalue weighted by Gasteiger charge is 2.32. The maximum atomic E-state index is 13.8. The first kappa shape index (κ1) is 27.8. The molecule has 5 rings (SSSR count). The lowest BCUT2D eigenvalue weighted by molar-refractivity contribution is -0.0440. The molecule has 1 saturated heterocycles. The van der Waals surface area contributed by atoms with Gasteiger partial charge in [0.15, 0.2) is 16.6 Å². The maximum absolute atomic E-state index is 13.8. The number of anilines is 1. The highest BCUT2D eigenvalue weighted by Crippen LogP contribution is 2.40. The number of aromatic nitrogens is 1. The van der Waals surface area contributed by atoms with Crippen LogP contribution < -0.4 is 14.4 Å². The standard InChI is InChI=1S/C27H34N4O6S2/c1-5-29(6-2)11-12-31(27-28-22-13-23-24(36-17-35-23)14-25(22)38-27)26(32)20-7-9-21(10-8-20)39(33,34)30-15-18(3)37-19(4)16-30/h7-10,13-14,18-19H,5-6,11-12,15-17H2,1-4H3/t18-,19-/m0/s1. The first-order valence-electron chi connectivity index (χ1n) is 13.2. The van der Waals surface area contributed by atoms with E-state index in [1.807, 2.05) is 26.0 Å². The molecule has 2 aliphatic heterocycles. The fourth-order valence-electron chi connectivity index (χ4n) is 4.89. The Bertz CT molecular complexity index is 1390. The number of thiazole rings is 1. The number of amides is 1. The van der Waals surface area contributed by atoms with Crippen molar-refractivity contribution in [2.24, 2.45) is 0 Å². The van der Waals surface area contributed by atoms with Crippen molar-refractivity contribution >= 4 is 42.6 Å².